The fourth-order valence-electron chi connectivity index (χ4n) is 0.0747. The summed E-state index contributed by atoms with van der Waals surface area (Å²) < 4.78 is 22.3. The number of hydrogen-bond acceptors (Lipinski definition) is 4. The molecule has 0 aromatic rings. The van der Waals surface area contributed by atoms with Gasteiger partial charge in [0.15, 0.2) is 0 Å². The van der Waals surface area contributed by atoms with Crippen molar-refractivity contribution in [3.05, 3.63) is 12.8 Å². The van der Waals surface area contributed by atoms with Gasteiger partial charge in [-0.05, 0) is 0 Å². The molecule has 0 bridgehead atoms. The maximum Gasteiger partial charge on any atom is 0.323 e. The van der Waals surface area contributed by atoms with Gasteiger partial charge < -0.3 is 14.9 Å². The summed E-state index contributed by atoms with van der Waals surface area (Å²) in [7, 11) is -6.40. The molecule has 70 valence electrons. The Bertz CT molecular complexity index is 122. The van der Waals surface area contributed by atoms with E-state index in [4.69, 9.17) is 14.9 Å². The molecule has 3 unspecified atom stereocenters. The van der Waals surface area contributed by atoms with Crippen LogP contribution in [0, 0.1) is 0 Å². The van der Waals surface area contributed by atoms with E-state index in [1.807, 2.05) is 0 Å². The molecule has 9 heteroatoms. The molecule has 0 saturated heterocycles. The van der Waals surface area contributed by atoms with Crippen LogP contribution in [-0.2, 0) is 13.4 Å². The van der Waals surface area contributed by atoms with Gasteiger partial charge in [-0.1, -0.05) is 6.58 Å². The van der Waals surface area contributed by atoms with E-state index in [9.17, 15) is 9.13 Å². The molecule has 0 aromatic carbocycles. The van der Waals surface area contributed by atoms with Crippen molar-refractivity contribution in [1.82, 2.24) is 0 Å². The van der Waals surface area contributed by atoms with E-state index in [0.717, 1.165) is 6.26 Å². The van der Waals surface area contributed by atoms with Crippen LogP contribution in [0.25, 0.3) is 0 Å². The lowest BCUT2D eigenvalue weighted by molar-refractivity contribution is 0.371. The first-order valence-electron chi connectivity index (χ1n) is 1.93. The minimum atomic E-state index is -3.20. The molecule has 0 aliphatic heterocycles. The average Bonchev–Trinajstić information content (AvgIpc) is 1.62. The van der Waals surface area contributed by atoms with Gasteiger partial charge in [0.05, 0.1) is 6.26 Å². The summed E-state index contributed by atoms with van der Waals surface area (Å²) >= 11 is 0. The number of aliphatic hydroxyl groups excluding tert-OH is 1. The third kappa shape index (κ3) is 38.3. The predicted octanol–water partition coefficient (Wildman–Crippen LogP) is 0.513. The third-order valence-corrected chi connectivity index (χ3v) is 1.57. The van der Waals surface area contributed by atoms with Gasteiger partial charge in [-0.15, -0.1) is 0 Å². The van der Waals surface area contributed by atoms with Crippen molar-refractivity contribution in [2.24, 2.45) is 0 Å². The van der Waals surface area contributed by atoms with Gasteiger partial charge in [0.2, 0.25) is 0 Å². The fourth-order valence-corrected chi connectivity index (χ4v) is 0.672. The quantitative estimate of drug-likeness (QED) is 0.466. The highest BCUT2D eigenvalue weighted by atomic mass is 31.2. The molecule has 0 aliphatic carbocycles. The first-order chi connectivity index (χ1) is 4.54. The smallest absolute Gasteiger partial charge is 0.323 e. The normalized spacial score (nSPS) is 12.9. The van der Waals surface area contributed by atoms with Crippen LogP contribution in [0.3, 0.4) is 0 Å². The van der Waals surface area contributed by atoms with E-state index in [2.05, 4.69) is 10.9 Å². The van der Waals surface area contributed by atoms with E-state index in [-0.39, 0.29) is 9.90 Å². The fraction of sp³-hybridized carbons (Fsp3) is 0. The third-order valence-electron chi connectivity index (χ3n) is 0.175. The summed E-state index contributed by atoms with van der Waals surface area (Å²) in [5.74, 6) is 0. The second kappa shape index (κ2) is 12.9. The van der Waals surface area contributed by atoms with Crippen LogP contribution in [-0.4, -0.2) is 14.9 Å². The highest BCUT2D eigenvalue weighted by Gasteiger charge is 1.93. The summed E-state index contributed by atoms with van der Waals surface area (Å²) in [5, 5.41) is 7.33. The number of hydrogen-bond donors (Lipinski definition) is 3. The average molecular weight is 224 g/mol. The lowest BCUT2D eigenvalue weighted by Crippen LogP contribution is -1.58. The summed E-state index contributed by atoms with van der Waals surface area (Å²) in [6, 6.07) is 0. The molecule has 0 saturated carbocycles. The van der Waals surface area contributed by atoms with Crippen molar-refractivity contribution in [3.8, 4) is 0 Å². The molecule has 11 heavy (non-hydrogen) atoms. The Morgan fingerprint density at radius 1 is 1.27 bits per heavy atom. The molecule has 6 nitrogen and oxygen atoms in total. The Kier molecular flexibility index (Phi) is 20.5. The largest absolute Gasteiger partial charge is 0.516 e. The van der Waals surface area contributed by atoms with Gasteiger partial charge in [0.1, 0.15) is 0 Å². The zero-order valence-corrected chi connectivity index (χ0v) is 8.97. The molecule has 0 aromatic heterocycles. The zero-order chi connectivity index (χ0) is 8.57. The Labute approximate surface area is 68.4 Å². The minimum absolute atomic E-state index is 0. The molecular formula is C2H11O6P3. The second-order valence-corrected chi connectivity index (χ2v) is 2.70. The van der Waals surface area contributed by atoms with E-state index in [0.29, 0.717) is 0 Å². The summed E-state index contributed by atoms with van der Waals surface area (Å²) in [4.78, 5) is 15.4. The van der Waals surface area contributed by atoms with Crippen molar-refractivity contribution in [3.63, 3.8) is 0 Å². The van der Waals surface area contributed by atoms with Crippen molar-refractivity contribution in [2.75, 3.05) is 0 Å². The van der Waals surface area contributed by atoms with E-state index in [1.54, 1.807) is 0 Å². The van der Waals surface area contributed by atoms with Gasteiger partial charge >= 0.3 is 16.5 Å². The van der Waals surface area contributed by atoms with Crippen LogP contribution in [0.5, 0.6) is 0 Å². The number of rotatable bonds is 2. The standard InChI is InChI=1S/C2H4O.H4O5P2.H3P/c1-2-3;1-6(2)5-7(3)4;/h2-3H,1H2;6-7H,(H,1,2)(H,3,4);1H3. The Morgan fingerprint density at radius 2 is 1.45 bits per heavy atom. The van der Waals surface area contributed by atoms with Crippen LogP contribution in [0.15, 0.2) is 12.8 Å². The molecular weight excluding hydrogens is 213 g/mol. The van der Waals surface area contributed by atoms with E-state index < -0.39 is 16.5 Å². The molecule has 0 spiro atoms. The van der Waals surface area contributed by atoms with E-state index in [1.165, 1.54) is 0 Å². The second-order valence-electron chi connectivity index (χ2n) is 0.816. The molecule has 3 N–H and O–H groups in total. The Balaban J connectivity index is -0.000000140. The topological polar surface area (TPSA) is 104 Å². The van der Waals surface area contributed by atoms with Crippen LogP contribution in [0.1, 0.15) is 0 Å². The predicted molar refractivity (Wildman–Crippen MR) is 47.5 cm³/mol. The molecule has 0 aliphatic rings. The van der Waals surface area contributed by atoms with Crippen molar-refractivity contribution in [1.29, 1.82) is 0 Å². The van der Waals surface area contributed by atoms with E-state index >= 15 is 0 Å². The monoisotopic (exact) mass is 224 g/mol. The van der Waals surface area contributed by atoms with Crippen LogP contribution in [0.2, 0.25) is 0 Å². The van der Waals surface area contributed by atoms with Crippen LogP contribution >= 0.6 is 26.4 Å². The SMILES string of the molecule is C=CO.O=[PH](O)O[PH](=O)O.P. The minimum Gasteiger partial charge on any atom is -0.516 e. The Hall–Kier alpha value is 0.310. The highest BCUT2D eigenvalue weighted by Crippen LogP contribution is 2.30. The Morgan fingerprint density at radius 3 is 1.45 bits per heavy atom. The summed E-state index contributed by atoms with van der Waals surface area (Å²) in [5.41, 5.74) is 0. The molecule has 0 amide bonds. The first kappa shape index (κ1) is 17.4. The lowest BCUT2D eigenvalue weighted by Gasteiger charge is -1.86. The molecule has 0 radical (unpaired) electrons. The van der Waals surface area contributed by atoms with Gasteiger partial charge in [-0.3, -0.25) is 9.13 Å². The molecule has 0 rings (SSSR count). The molecule has 0 fully saturated rings. The maximum atomic E-state index is 9.44. The molecule has 3 atom stereocenters. The number of aliphatic hydroxyl groups is 1. The van der Waals surface area contributed by atoms with Gasteiger partial charge in [0.25, 0.3) is 0 Å². The maximum absolute atomic E-state index is 9.44. The van der Waals surface area contributed by atoms with Crippen molar-refractivity contribution in [2.45, 2.75) is 0 Å². The van der Waals surface area contributed by atoms with Gasteiger partial charge in [-0.2, -0.15) is 9.90 Å². The van der Waals surface area contributed by atoms with Crippen LogP contribution < -0.4 is 0 Å². The molecule has 0 heterocycles. The summed E-state index contributed by atoms with van der Waals surface area (Å²) in [6.45, 7) is 2.92. The van der Waals surface area contributed by atoms with Gasteiger partial charge in [0, 0.05) is 0 Å². The highest BCUT2D eigenvalue weighted by molar-refractivity contribution is 7.46. The lowest BCUT2D eigenvalue weighted by atomic mass is 11.2. The first-order valence-corrected chi connectivity index (χ1v) is 4.46. The zero-order valence-electron chi connectivity index (χ0n) is 5.56. The van der Waals surface area contributed by atoms with Crippen LogP contribution in [0.4, 0.5) is 0 Å². The van der Waals surface area contributed by atoms with Crippen molar-refractivity contribution < 1.29 is 28.3 Å². The van der Waals surface area contributed by atoms with Crippen molar-refractivity contribution >= 4 is 26.4 Å². The summed E-state index contributed by atoms with van der Waals surface area (Å²) in [6.07, 6.45) is 0.750. The van der Waals surface area contributed by atoms with Gasteiger partial charge in [-0.25, -0.2) is 4.31 Å².